The van der Waals surface area contributed by atoms with Crippen LogP contribution in [0.3, 0.4) is 0 Å². The van der Waals surface area contributed by atoms with E-state index in [0.717, 1.165) is 17.0 Å². The van der Waals surface area contributed by atoms with Crippen LogP contribution >= 0.6 is 0 Å². The molecule has 0 bridgehead atoms. The van der Waals surface area contributed by atoms with Crippen molar-refractivity contribution < 1.29 is 9.84 Å². The monoisotopic (exact) mass is 228 g/mol. The van der Waals surface area contributed by atoms with Crippen LogP contribution in [0.1, 0.15) is 5.56 Å². The SMILES string of the molecule is COc1cccc(/N=C/c2ccc(O)nc2)c1. The molecule has 0 aliphatic rings. The molecule has 0 fully saturated rings. The van der Waals surface area contributed by atoms with E-state index >= 15 is 0 Å². The molecule has 0 saturated heterocycles. The predicted molar refractivity (Wildman–Crippen MR) is 66.1 cm³/mol. The molecule has 0 atom stereocenters. The Morgan fingerprint density at radius 3 is 2.88 bits per heavy atom. The maximum atomic E-state index is 9.04. The van der Waals surface area contributed by atoms with Crippen LogP contribution in [0.5, 0.6) is 11.6 Å². The van der Waals surface area contributed by atoms with Crippen LogP contribution in [0.2, 0.25) is 0 Å². The van der Waals surface area contributed by atoms with Crippen molar-refractivity contribution in [2.75, 3.05) is 7.11 Å². The van der Waals surface area contributed by atoms with Gasteiger partial charge in [-0.15, -0.1) is 0 Å². The van der Waals surface area contributed by atoms with Crippen LogP contribution in [-0.4, -0.2) is 23.4 Å². The van der Waals surface area contributed by atoms with E-state index in [0.29, 0.717) is 0 Å². The Morgan fingerprint density at radius 1 is 1.29 bits per heavy atom. The van der Waals surface area contributed by atoms with Gasteiger partial charge in [0, 0.05) is 30.1 Å². The first kappa shape index (κ1) is 11.1. The molecule has 4 heteroatoms. The van der Waals surface area contributed by atoms with E-state index < -0.39 is 0 Å². The van der Waals surface area contributed by atoms with E-state index in [2.05, 4.69) is 9.98 Å². The van der Waals surface area contributed by atoms with Gasteiger partial charge in [-0.1, -0.05) is 6.07 Å². The summed E-state index contributed by atoms with van der Waals surface area (Å²) in [5.74, 6) is 0.770. The fraction of sp³-hybridized carbons (Fsp3) is 0.0769. The Kier molecular flexibility index (Phi) is 3.35. The molecule has 0 aliphatic carbocycles. The van der Waals surface area contributed by atoms with Gasteiger partial charge < -0.3 is 9.84 Å². The summed E-state index contributed by atoms with van der Waals surface area (Å²) < 4.78 is 5.10. The summed E-state index contributed by atoms with van der Waals surface area (Å²) >= 11 is 0. The van der Waals surface area contributed by atoms with Gasteiger partial charge in [-0.25, -0.2) is 4.98 Å². The highest BCUT2D eigenvalue weighted by Crippen LogP contribution is 2.19. The molecule has 0 spiro atoms. The van der Waals surface area contributed by atoms with Gasteiger partial charge in [-0.2, -0.15) is 0 Å². The van der Waals surface area contributed by atoms with E-state index in [1.807, 2.05) is 24.3 Å². The number of aromatic hydroxyl groups is 1. The minimum Gasteiger partial charge on any atom is -0.497 e. The van der Waals surface area contributed by atoms with Crippen LogP contribution in [-0.2, 0) is 0 Å². The van der Waals surface area contributed by atoms with Crippen LogP contribution < -0.4 is 4.74 Å². The average Bonchev–Trinajstić information content (AvgIpc) is 2.38. The quantitative estimate of drug-likeness (QED) is 0.821. The van der Waals surface area contributed by atoms with Gasteiger partial charge in [0.25, 0.3) is 0 Å². The number of aromatic nitrogens is 1. The highest BCUT2D eigenvalue weighted by molar-refractivity contribution is 5.81. The van der Waals surface area contributed by atoms with Crippen molar-refractivity contribution in [2.45, 2.75) is 0 Å². The zero-order chi connectivity index (χ0) is 12.1. The topological polar surface area (TPSA) is 54.7 Å². The third-order valence-electron chi connectivity index (χ3n) is 2.19. The molecule has 0 unspecified atom stereocenters. The summed E-state index contributed by atoms with van der Waals surface area (Å²) in [6.07, 6.45) is 3.24. The maximum Gasteiger partial charge on any atom is 0.210 e. The van der Waals surface area contributed by atoms with Gasteiger partial charge in [0.05, 0.1) is 12.8 Å². The van der Waals surface area contributed by atoms with E-state index in [9.17, 15) is 0 Å². The summed E-state index contributed by atoms with van der Waals surface area (Å²) in [5, 5.41) is 9.04. The van der Waals surface area contributed by atoms with Gasteiger partial charge in [0.2, 0.25) is 5.88 Å². The summed E-state index contributed by atoms with van der Waals surface area (Å²) in [5.41, 5.74) is 1.63. The molecule has 1 heterocycles. The number of hydrogen-bond donors (Lipinski definition) is 1. The lowest BCUT2D eigenvalue weighted by Gasteiger charge is -1.99. The third kappa shape index (κ3) is 3.04. The number of methoxy groups -OCH3 is 1. The third-order valence-corrected chi connectivity index (χ3v) is 2.19. The number of rotatable bonds is 3. The van der Waals surface area contributed by atoms with Crippen molar-refractivity contribution in [2.24, 2.45) is 4.99 Å². The van der Waals surface area contributed by atoms with E-state index in [-0.39, 0.29) is 5.88 Å². The van der Waals surface area contributed by atoms with Gasteiger partial charge >= 0.3 is 0 Å². The molecule has 86 valence electrons. The number of ether oxygens (including phenoxy) is 1. The normalized spacial score (nSPS) is 10.6. The van der Waals surface area contributed by atoms with Crippen molar-refractivity contribution in [3.8, 4) is 11.6 Å². The van der Waals surface area contributed by atoms with E-state index in [1.165, 1.54) is 6.07 Å². The number of nitrogens with zero attached hydrogens (tertiary/aromatic N) is 2. The Morgan fingerprint density at radius 2 is 2.18 bits per heavy atom. The molecule has 4 nitrogen and oxygen atoms in total. The first-order valence-corrected chi connectivity index (χ1v) is 5.11. The predicted octanol–water partition coefficient (Wildman–Crippen LogP) is 2.55. The average molecular weight is 228 g/mol. The van der Waals surface area contributed by atoms with Crippen molar-refractivity contribution >= 4 is 11.9 Å². The Balaban J connectivity index is 2.16. The highest BCUT2D eigenvalue weighted by atomic mass is 16.5. The molecule has 0 amide bonds. The highest BCUT2D eigenvalue weighted by Gasteiger charge is 1.93. The van der Waals surface area contributed by atoms with Crippen molar-refractivity contribution in [3.63, 3.8) is 0 Å². The lowest BCUT2D eigenvalue weighted by molar-refractivity contribution is 0.415. The summed E-state index contributed by atoms with van der Waals surface area (Å²) in [6.45, 7) is 0. The minimum atomic E-state index is 0.00327. The molecule has 0 aliphatic heterocycles. The number of aliphatic imine (C=N–C) groups is 1. The van der Waals surface area contributed by atoms with Gasteiger partial charge in [0.15, 0.2) is 0 Å². The first-order valence-electron chi connectivity index (χ1n) is 5.11. The molecule has 1 aromatic heterocycles. The second kappa shape index (κ2) is 5.12. The fourth-order valence-electron chi connectivity index (χ4n) is 1.31. The fourth-order valence-corrected chi connectivity index (χ4v) is 1.31. The first-order chi connectivity index (χ1) is 8.28. The smallest absolute Gasteiger partial charge is 0.210 e. The van der Waals surface area contributed by atoms with E-state index in [4.69, 9.17) is 9.84 Å². The number of benzene rings is 1. The Labute approximate surface area is 99.2 Å². The standard InChI is InChI=1S/C13H12N2O2/c1-17-12-4-2-3-11(7-12)14-8-10-5-6-13(16)15-9-10/h2-9H,1H3,(H,15,16)/b14-8+. The van der Waals surface area contributed by atoms with Gasteiger partial charge in [-0.3, -0.25) is 4.99 Å². The number of pyridine rings is 1. The molecular weight excluding hydrogens is 216 g/mol. The van der Waals surface area contributed by atoms with Crippen LogP contribution in [0, 0.1) is 0 Å². The van der Waals surface area contributed by atoms with E-state index in [1.54, 1.807) is 25.6 Å². The molecule has 0 radical (unpaired) electrons. The van der Waals surface area contributed by atoms with Crippen LogP contribution in [0.25, 0.3) is 0 Å². The minimum absolute atomic E-state index is 0.00327. The summed E-state index contributed by atoms with van der Waals surface area (Å²) in [4.78, 5) is 8.05. The molecule has 1 N–H and O–H groups in total. The van der Waals surface area contributed by atoms with Crippen molar-refractivity contribution in [1.29, 1.82) is 0 Å². The number of hydrogen-bond acceptors (Lipinski definition) is 4. The molecule has 2 aromatic rings. The maximum absolute atomic E-state index is 9.04. The Bertz CT molecular complexity index is 521. The van der Waals surface area contributed by atoms with Crippen molar-refractivity contribution in [1.82, 2.24) is 4.98 Å². The molecular formula is C13H12N2O2. The summed E-state index contributed by atoms with van der Waals surface area (Å²) in [6, 6.07) is 10.7. The zero-order valence-electron chi connectivity index (χ0n) is 9.37. The molecule has 0 saturated carbocycles. The second-order valence-corrected chi connectivity index (χ2v) is 3.41. The molecule has 17 heavy (non-hydrogen) atoms. The zero-order valence-corrected chi connectivity index (χ0v) is 9.37. The van der Waals surface area contributed by atoms with Crippen LogP contribution in [0.4, 0.5) is 5.69 Å². The second-order valence-electron chi connectivity index (χ2n) is 3.41. The van der Waals surface area contributed by atoms with Crippen LogP contribution in [0.15, 0.2) is 47.6 Å². The summed E-state index contributed by atoms with van der Waals surface area (Å²) in [7, 11) is 1.62. The lowest BCUT2D eigenvalue weighted by atomic mass is 10.3. The van der Waals surface area contributed by atoms with Gasteiger partial charge in [0.1, 0.15) is 5.75 Å². The molecule has 1 aromatic carbocycles. The van der Waals surface area contributed by atoms with Crippen molar-refractivity contribution in [3.05, 3.63) is 48.2 Å². The lowest BCUT2D eigenvalue weighted by Crippen LogP contribution is -1.83. The largest absolute Gasteiger partial charge is 0.497 e. The van der Waals surface area contributed by atoms with Gasteiger partial charge in [-0.05, 0) is 18.2 Å². The Hall–Kier alpha value is -2.36. The molecule has 2 rings (SSSR count).